The quantitative estimate of drug-likeness (QED) is 0.807. The predicted molar refractivity (Wildman–Crippen MR) is 80.7 cm³/mol. The van der Waals surface area contributed by atoms with E-state index in [0.29, 0.717) is 44.8 Å². The maximum absolute atomic E-state index is 12.4. The first-order valence-electron chi connectivity index (χ1n) is 7.33. The molecule has 22 heavy (non-hydrogen) atoms. The Kier molecular flexibility index (Phi) is 3.95. The van der Waals surface area contributed by atoms with Crippen LogP contribution in [0.15, 0.2) is 24.3 Å². The Labute approximate surface area is 128 Å². The molecular formula is C15H18N4O3. The summed E-state index contributed by atoms with van der Waals surface area (Å²) in [7, 11) is 0. The van der Waals surface area contributed by atoms with Gasteiger partial charge in [-0.1, -0.05) is 0 Å². The van der Waals surface area contributed by atoms with Gasteiger partial charge in [0.25, 0.3) is 5.91 Å². The van der Waals surface area contributed by atoms with Gasteiger partial charge in [-0.05, 0) is 24.3 Å². The molecule has 0 saturated carbocycles. The van der Waals surface area contributed by atoms with Gasteiger partial charge < -0.3 is 15.1 Å². The fourth-order valence-electron chi connectivity index (χ4n) is 2.71. The van der Waals surface area contributed by atoms with E-state index in [1.54, 1.807) is 39.0 Å². The predicted octanol–water partition coefficient (Wildman–Crippen LogP) is 0.130. The van der Waals surface area contributed by atoms with Crippen LogP contribution in [0.25, 0.3) is 0 Å². The second-order valence-electron chi connectivity index (χ2n) is 5.36. The molecule has 2 aliphatic heterocycles. The van der Waals surface area contributed by atoms with Crippen LogP contribution in [0.5, 0.6) is 0 Å². The van der Waals surface area contributed by atoms with Crippen molar-refractivity contribution in [2.24, 2.45) is 0 Å². The summed E-state index contributed by atoms with van der Waals surface area (Å²) < 4.78 is 0. The summed E-state index contributed by atoms with van der Waals surface area (Å²) in [5.74, 6) is -0.0389. The molecule has 2 fully saturated rings. The molecule has 2 heterocycles. The van der Waals surface area contributed by atoms with Gasteiger partial charge in [0.1, 0.15) is 0 Å². The third-order valence-corrected chi connectivity index (χ3v) is 4.03. The van der Waals surface area contributed by atoms with E-state index in [1.807, 2.05) is 0 Å². The standard InChI is InChI=1S/C15H18N4O3/c20-11-17-7-9-18(10-8-17)14(21)12-1-3-13(4-2-12)19-6-5-16-15(19)22/h1-4,11H,5-10H2,(H,16,22). The Hall–Kier alpha value is -2.57. The summed E-state index contributed by atoms with van der Waals surface area (Å²) in [4.78, 5) is 39.8. The molecule has 1 aromatic carbocycles. The van der Waals surface area contributed by atoms with E-state index >= 15 is 0 Å². The minimum Gasteiger partial charge on any atom is -0.342 e. The van der Waals surface area contributed by atoms with E-state index in [1.165, 1.54) is 0 Å². The van der Waals surface area contributed by atoms with E-state index < -0.39 is 0 Å². The molecule has 0 aliphatic carbocycles. The van der Waals surface area contributed by atoms with Crippen molar-refractivity contribution >= 4 is 24.0 Å². The van der Waals surface area contributed by atoms with Gasteiger partial charge in [-0.3, -0.25) is 14.5 Å². The number of hydrogen-bond acceptors (Lipinski definition) is 3. The molecule has 0 atom stereocenters. The number of piperazine rings is 1. The minimum atomic E-state index is -0.107. The topological polar surface area (TPSA) is 73.0 Å². The minimum absolute atomic E-state index is 0.0389. The summed E-state index contributed by atoms with van der Waals surface area (Å²) in [6.45, 7) is 3.52. The van der Waals surface area contributed by atoms with E-state index in [9.17, 15) is 14.4 Å². The van der Waals surface area contributed by atoms with Gasteiger partial charge in [0.05, 0.1) is 0 Å². The van der Waals surface area contributed by atoms with Crippen molar-refractivity contribution in [2.75, 3.05) is 44.2 Å². The first-order valence-corrected chi connectivity index (χ1v) is 7.33. The number of carbonyl (C=O) groups excluding carboxylic acids is 3. The highest BCUT2D eigenvalue weighted by Crippen LogP contribution is 2.18. The summed E-state index contributed by atoms with van der Waals surface area (Å²) in [5, 5.41) is 2.75. The lowest BCUT2D eigenvalue weighted by Gasteiger charge is -2.32. The summed E-state index contributed by atoms with van der Waals surface area (Å²) >= 11 is 0. The lowest BCUT2D eigenvalue weighted by atomic mass is 10.1. The SMILES string of the molecule is O=CN1CCN(C(=O)c2ccc(N3CCNC3=O)cc2)CC1. The lowest BCUT2D eigenvalue weighted by Crippen LogP contribution is -2.48. The highest BCUT2D eigenvalue weighted by atomic mass is 16.2. The van der Waals surface area contributed by atoms with Gasteiger partial charge in [0.15, 0.2) is 0 Å². The van der Waals surface area contributed by atoms with Crippen molar-refractivity contribution < 1.29 is 14.4 Å². The van der Waals surface area contributed by atoms with Crippen molar-refractivity contribution in [1.82, 2.24) is 15.1 Å². The molecular weight excluding hydrogens is 284 g/mol. The number of amides is 4. The molecule has 4 amide bonds. The number of urea groups is 1. The third kappa shape index (κ3) is 2.74. The van der Waals surface area contributed by atoms with E-state index in [-0.39, 0.29) is 11.9 Å². The number of hydrogen-bond donors (Lipinski definition) is 1. The molecule has 0 aromatic heterocycles. The zero-order chi connectivity index (χ0) is 15.5. The van der Waals surface area contributed by atoms with Crippen LogP contribution in [0, 0.1) is 0 Å². The zero-order valence-electron chi connectivity index (χ0n) is 12.2. The largest absolute Gasteiger partial charge is 0.342 e. The Morgan fingerprint density at radius 1 is 1.05 bits per heavy atom. The highest BCUT2D eigenvalue weighted by molar-refractivity contribution is 5.97. The number of anilines is 1. The fourth-order valence-corrected chi connectivity index (χ4v) is 2.71. The maximum atomic E-state index is 12.4. The van der Waals surface area contributed by atoms with Crippen LogP contribution in [0.2, 0.25) is 0 Å². The summed E-state index contributed by atoms with van der Waals surface area (Å²) in [6, 6.07) is 6.97. The monoisotopic (exact) mass is 302 g/mol. The number of carbonyl (C=O) groups is 3. The molecule has 3 rings (SSSR count). The smallest absolute Gasteiger partial charge is 0.321 e. The van der Waals surface area contributed by atoms with E-state index in [0.717, 1.165) is 12.1 Å². The van der Waals surface area contributed by atoms with Gasteiger partial charge in [-0.2, -0.15) is 0 Å². The first kappa shape index (κ1) is 14.4. The molecule has 0 spiro atoms. The van der Waals surface area contributed by atoms with E-state index in [2.05, 4.69) is 5.32 Å². The van der Waals surface area contributed by atoms with Crippen LogP contribution in [-0.4, -0.2) is 67.4 Å². The Morgan fingerprint density at radius 3 is 2.27 bits per heavy atom. The molecule has 7 nitrogen and oxygen atoms in total. The van der Waals surface area contributed by atoms with Gasteiger partial charge in [0, 0.05) is 50.5 Å². The van der Waals surface area contributed by atoms with Crippen molar-refractivity contribution in [1.29, 1.82) is 0 Å². The molecule has 1 N–H and O–H groups in total. The van der Waals surface area contributed by atoms with Crippen molar-refractivity contribution in [3.8, 4) is 0 Å². The molecule has 1 aromatic rings. The summed E-state index contributed by atoms with van der Waals surface area (Å²) in [5.41, 5.74) is 1.39. The summed E-state index contributed by atoms with van der Waals surface area (Å²) in [6.07, 6.45) is 0.817. The van der Waals surface area contributed by atoms with Crippen LogP contribution in [0.3, 0.4) is 0 Å². The normalized spacial score (nSPS) is 18.4. The third-order valence-electron chi connectivity index (χ3n) is 4.03. The van der Waals surface area contributed by atoms with Gasteiger partial charge >= 0.3 is 6.03 Å². The molecule has 0 bridgehead atoms. The van der Waals surface area contributed by atoms with Crippen molar-refractivity contribution in [3.63, 3.8) is 0 Å². The Balaban J connectivity index is 1.66. The van der Waals surface area contributed by atoms with Gasteiger partial charge in [-0.15, -0.1) is 0 Å². The Morgan fingerprint density at radius 2 is 1.73 bits per heavy atom. The second kappa shape index (κ2) is 6.05. The molecule has 0 unspecified atom stereocenters. The van der Waals surface area contributed by atoms with Crippen molar-refractivity contribution in [3.05, 3.63) is 29.8 Å². The number of nitrogens with zero attached hydrogens (tertiary/aromatic N) is 3. The number of benzene rings is 1. The lowest BCUT2D eigenvalue weighted by molar-refractivity contribution is -0.119. The first-order chi connectivity index (χ1) is 10.7. The zero-order valence-corrected chi connectivity index (χ0v) is 12.2. The van der Waals surface area contributed by atoms with Crippen molar-refractivity contribution in [2.45, 2.75) is 0 Å². The average Bonchev–Trinajstić information content (AvgIpc) is 3.00. The molecule has 7 heteroatoms. The van der Waals surface area contributed by atoms with Crippen LogP contribution < -0.4 is 10.2 Å². The van der Waals surface area contributed by atoms with Crippen LogP contribution >= 0.6 is 0 Å². The highest BCUT2D eigenvalue weighted by Gasteiger charge is 2.23. The van der Waals surface area contributed by atoms with E-state index in [4.69, 9.17) is 0 Å². The molecule has 116 valence electrons. The van der Waals surface area contributed by atoms with Gasteiger partial charge in [0.2, 0.25) is 6.41 Å². The van der Waals surface area contributed by atoms with Gasteiger partial charge in [-0.25, -0.2) is 4.79 Å². The number of rotatable bonds is 3. The molecule has 0 radical (unpaired) electrons. The average molecular weight is 302 g/mol. The fraction of sp³-hybridized carbons (Fsp3) is 0.400. The second-order valence-corrected chi connectivity index (χ2v) is 5.36. The molecule has 2 aliphatic rings. The maximum Gasteiger partial charge on any atom is 0.321 e. The Bertz CT molecular complexity index is 579. The molecule has 2 saturated heterocycles. The van der Waals surface area contributed by atoms with Crippen LogP contribution in [0.4, 0.5) is 10.5 Å². The number of nitrogens with one attached hydrogen (secondary N) is 1. The van der Waals surface area contributed by atoms with Crippen LogP contribution in [0.1, 0.15) is 10.4 Å². The van der Waals surface area contributed by atoms with Crippen LogP contribution in [-0.2, 0) is 4.79 Å².